The molecule has 21 nitrogen and oxygen atoms in total. The maximum Gasteiger partial charge on any atom is 0.416 e. The fourth-order valence-electron chi connectivity index (χ4n) is 8.24. The van der Waals surface area contributed by atoms with Gasteiger partial charge in [0.2, 0.25) is 11.8 Å². The Morgan fingerprint density at radius 2 is 1.15 bits per heavy atom. The SMILES string of the molecule is CCNc1ccc(NC(=O)c2cccc(CCCOCCOCCOCCOCCC(=O)N3CCN(CCOCCOCCOCCOCCOCCOCCOC)C(=O)C3)c2)c(-c2cc(C(=O)NCc3cccc(C(F)(F)F)c3)ccn2)c1. The Labute approximate surface area is 490 Å². The van der Waals surface area contributed by atoms with E-state index < -0.39 is 17.6 Å². The molecule has 1 aliphatic heterocycles. The zero-order valence-corrected chi connectivity index (χ0v) is 48.4. The van der Waals surface area contributed by atoms with Crippen LogP contribution in [0.3, 0.4) is 0 Å². The molecular weight excluding hydrogens is 1100 g/mol. The summed E-state index contributed by atoms with van der Waals surface area (Å²) in [6.45, 7) is 12.9. The van der Waals surface area contributed by atoms with Crippen LogP contribution in [-0.2, 0) is 80.8 Å². The number of aryl methyl sites for hydroxylation is 1. The summed E-state index contributed by atoms with van der Waals surface area (Å²) < 4.78 is 100. The lowest BCUT2D eigenvalue weighted by atomic mass is 10.0. The van der Waals surface area contributed by atoms with Crippen molar-refractivity contribution in [1.29, 1.82) is 0 Å². The normalized spacial score (nSPS) is 12.7. The molecule has 1 fully saturated rings. The van der Waals surface area contributed by atoms with Crippen LogP contribution in [0.1, 0.15) is 57.2 Å². The molecule has 0 bridgehead atoms. The highest BCUT2D eigenvalue weighted by Crippen LogP contribution is 2.32. The van der Waals surface area contributed by atoms with Gasteiger partial charge in [-0.2, -0.15) is 13.2 Å². The first-order valence-electron chi connectivity index (χ1n) is 28.5. The van der Waals surface area contributed by atoms with Crippen molar-refractivity contribution in [2.24, 2.45) is 0 Å². The molecule has 24 heteroatoms. The molecule has 1 aromatic heterocycles. The van der Waals surface area contributed by atoms with Gasteiger partial charge in [0.1, 0.15) is 0 Å². The molecule has 0 aliphatic carbocycles. The van der Waals surface area contributed by atoms with Gasteiger partial charge < -0.3 is 77.9 Å². The lowest BCUT2D eigenvalue weighted by Gasteiger charge is -2.34. The zero-order valence-electron chi connectivity index (χ0n) is 48.4. The van der Waals surface area contributed by atoms with E-state index in [1.807, 2.05) is 37.3 Å². The van der Waals surface area contributed by atoms with E-state index in [2.05, 4.69) is 20.9 Å². The van der Waals surface area contributed by atoms with Crippen molar-refractivity contribution >= 4 is 35.0 Å². The summed E-state index contributed by atoms with van der Waals surface area (Å²) >= 11 is 0. The lowest BCUT2D eigenvalue weighted by Crippen LogP contribution is -2.53. The zero-order chi connectivity index (χ0) is 59.9. The van der Waals surface area contributed by atoms with E-state index in [1.54, 1.807) is 35.1 Å². The van der Waals surface area contributed by atoms with E-state index in [0.717, 1.165) is 29.8 Å². The highest BCUT2D eigenvalue weighted by molar-refractivity contribution is 6.06. The topological polar surface area (TPSA) is 225 Å². The predicted molar refractivity (Wildman–Crippen MR) is 307 cm³/mol. The molecule has 2 heterocycles. The first kappa shape index (κ1) is 68.6. The second kappa shape index (κ2) is 41.0. The number of carbonyl (C=O) groups excluding carboxylic acids is 4. The van der Waals surface area contributed by atoms with Crippen LogP contribution in [-0.4, -0.2) is 217 Å². The number of pyridine rings is 1. The number of hydrogen-bond donors (Lipinski definition) is 3. The third kappa shape index (κ3) is 27.7. The maximum atomic E-state index is 13.7. The average molecular weight is 1190 g/mol. The molecule has 1 saturated heterocycles. The second-order valence-electron chi connectivity index (χ2n) is 18.9. The molecule has 464 valence electrons. The van der Waals surface area contributed by atoms with E-state index in [-0.39, 0.29) is 49.4 Å². The van der Waals surface area contributed by atoms with Gasteiger partial charge in [0.25, 0.3) is 11.8 Å². The highest BCUT2D eigenvalue weighted by Gasteiger charge is 2.30. The molecule has 0 radical (unpaired) electrons. The smallest absolute Gasteiger partial charge is 0.385 e. The maximum absolute atomic E-state index is 13.7. The molecule has 0 spiro atoms. The van der Waals surface area contributed by atoms with Crippen molar-refractivity contribution in [2.45, 2.75) is 38.9 Å². The molecule has 0 unspecified atom stereocenters. The van der Waals surface area contributed by atoms with Crippen molar-refractivity contribution < 1.29 is 84.5 Å². The number of amides is 4. The summed E-state index contributed by atoms with van der Waals surface area (Å²) in [6.07, 6.45) is -1.47. The molecule has 3 aromatic carbocycles. The van der Waals surface area contributed by atoms with Crippen molar-refractivity contribution in [1.82, 2.24) is 20.1 Å². The van der Waals surface area contributed by atoms with Gasteiger partial charge in [0, 0.05) is 75.0 Å². The molecule has 4 amide bonds. The highest BCUT2D eigenvalue weighted by atomic mass is 19.4. The molecule has 0 saturated carbocycles. The van der Waals surface area contributed by atoms with E-state index in [4.69, 9.17) is 52.1 Å². The Bertz CT molecular complexity index is 2530. The van der Waals surface area contributed by atoms with Crippen LogP contribution in [0.5, 0.6) is 0 Å². The quantitative estimate of drug-likeness (QED) is 0.0420. The standard InChI is InChI=1S/C60H83F3N6O15/c1-3-64-52-12-13-54(53(44-52)55-43-50(14-16-65-55)58(72)66-45-48-8-5-11-51(42-48)60(61,62)63)67-59(73)49-10-4-7-47(41-49)9-6-20-75-25-28-79-33-34-80-29-26-76-21-15-56(70)69-18-17-68(57(71)46-69)19-22-77-27-30-81-35-36-83-39-40-84-38-37-82-32-31-78-24-23-74-2/h4-5,7-8,10-14,16,41-44,64H,3,6,9,15,17-40,45-46H2,1-2H3,(H,66,72)(H,67,73). The Kier molecular flexibility index (Phi) is 33.5. The number of halogens is 3. The second-order valence-corrected chi connectivity index (χ2v) is 18.9. The number of aromatic nitrogens is 1. The lowest BCUT2D eigenvalue weighted by molar-refractivity contribution is -0.146. The van der Waals surface area contributed by atoms with Gasteiger partial charge >= 0.3 is 6.18 Å². The molecule has 3 N–H and O–H groups in total. The number of hydrogen-bond acceptors (Lipinski definition) is 17. The van der Waals surface area contributed by atoms with Gasteiger partial charge in [-0.05, 0) is 85.5 Å². The number of nitrogens with zero attached hydrogens (tertiary/aromatic N) is 3. The number of methoxy groups -OCH3 is 1. The van der Waals surface area contributed by atoms with Crippen LogP contribution in [0.15, 0.2) is 85.1 Å². The van der Waals surface area contributed by atoms with Crippen molar-refractivity contribution in [3.63, 3.8) is 0 Å². The first-order chi connectivity index (χ1) is 40.9. The summed E-state index contributed by atoms with van der Waals surface area (Å²) in [6, 6.07) is 20.6. The fraction of sp³-hybridized carbons (Fsp3) is 0.550. The summed E-state index contributed by atoms with van der Waals surface area (Å²) in [5.41, 5.74) is 3.35. The van der Waals surface area contributed by atoms with Crippen LogP contribution < -0.4 is 16.0 Å². The third-order valence-electron chi connectivity index (χ3n) is 12.6. The first-order valence-corrected chi connectivity index (χ1v) is 28.5. The third-order valence-corrected chi connectivity index (χ3v) is 12.6. The number of ether oxygens (including phenoxy) is 11. The van der Waals surface area contributed by atoms with Gasteiger partial charge in [0.05, 0.1) is 162 Å². The van der Waals surface area contributed by atoms with Crippen molar-refractivity contribution in [2.75, 3.05) is 189 Å². The molecule has 84 heavy (non-hydrogen) atoms. The number of nitrogens with one attached hydrogen (secondary N) is 3. The number of carbonyl (C=O) groups is 4. The minimum atomic E-state index is -4.50. The monoisotopic (exact) mass is 1180 g/mol. The molecular formula is C60H83F3N6O15. The van der Waals surface area contributed by atoms with E-state index in [9.17, 15) is 32.3 Å². The van der Waals surface area contributed by atoms with Crippen molar-refractivity contribution in [3.8, 4) is 11.3 Å². The number of rotatable bonds is 45. The Morgan fingerprint density at radius 1 is 0.595 bits per heavy atom. The van der Waals surface area contributed by atoms with Gasteiger partial charge in [-0.25, -0.2) is 0 Å². The fourth-order valence-corrected chi connectivity index (χ4v) is 8.24. The Balaban J connectivity index is 0.837. The largest absolute Gasteiger partial charge is 0.416 e. The van der Waals surface area contributed by atoms with Gasteiger partial charge in [-0.1, -0.05) is 24.3 Å². The number of alkyl halides is 3. The molecule has 5 rings (SSSR count). The average Bonchev–Trinajstić information content (AvgIpc) is 3.54. The molecule has 1 aliphatic rings. The summed E-state index contributed by atoms with van der Waals surface area (Å²) in [4.78, 5) is 60.0. The minimum absolute atomic E-state index is 0.0316. The van der Waals surface area contributed by atoms with Gasteiger partial charge in [0.15, 0.2) is 0 Å². The van der Waals surface area contributed by atoms with Crippen LogP contribution in [0.25, 0.3) is 11.3 Å². The summed E-state index contributed by atoms with van der Waals surface area (Å²) in [7, 11) is 1.63. The van der Waals surface area contributed by atoms with E-state index >= 15 is 0 Å². The van der Waals surface area contributed by atoms with Gasteiger partial charge in [-0.3, -0.25) is 24.2 Å². The van der Waals surface area contributed by atoms with E-state index in [0.29, 0.717) is 193 Å². The van der Waals surface area contributed by atoms with Crippen LogP contribution in [0, 0.1) is 0 Å². The predicted octanol–water partition coefficient (Wildman–Crippen LogP) is 6.19. The minimum Gasteiger partial charge on any atom is -0.385 e. The summed E-state index contributed by atoms with van der Waals surface area (Å²) in [5.74, 6) is -1.09. The van der Waals surface area contributed by atoms with E-state index in [1.165, 1.54) is 24.4 Å². The molecule has 0 atom stereocenters. The van der Waals surface area contributed by atoms with Crippen LogP contribution >= 0.6 is 0 Å². The molecule has 4 aromatic rings. The number of anilines is 2. The number of benzene rings is 3. The summed E-state index contributed by atoms with van der Waals surface area (Å²) in [5, 5.41) is 8.94. The Hall–Kier alpha value is -6.16. The van der Waals surface area contributed by atoms with Crippen molar-refractivity contribution in [3.05, 3.63) is 113 Å². The van der Waals surface area contributed by atoms with Crippen LogP contribution in [0.2, 0.25) is 0 Å². The Morgan fingerprint density at radius 3 is 1.75 bits per heavy atom. The van der Waals surface area contributed by atoms with Crippen LogP contribution in [0.4, 0.5) is 24.5 Å². The number of piperazine rings is 1. The van der Waals surface area contributed by atoms with Gasteiger partial charge in [-0.15, -0.1) is 0 Å².